The number of aliphatic hydroxyl groups is 1. The molecule has 35 heavy (non-hydrogen) atoms. The van der Waals surface area contributed by atoms with Crippen molar-refractivity contribution < 1.29 is 32.3 Å². The molecular formula is C24H27F3N4O4. The quantitative estimate of drug-likeness (QED) is 0.487. The Labute approximate surface area is 200 Å². The third-order valence-electron chi connectivity index (χ3n) is 5.71. The second kappa shape index (κ2) is 11.1. The summed E-state index contributed by atoms with van der Waals surface area (Å²) in [5.74, 6) is 1.88. The molecule has 2 heterocycles. The van der Waals surface area contributed by atoms with E-state index in [0.717, 1.165) is 44.1 Å². The number of aliphatic hydroxyl groups excluding tert-OH is 1. The van der Waals surface area contributed by atoms with Gasteiger partial charge < -0.3 is 19.1 Å². The molecule has 0 saturated carbocycles. The minimum atomic E-state index is -4.44. The van der Waals surface area contributed by atoms with Crippen molar-refractivity contribution in [3.05, 3.63) is 59.9 Å². The zero-order valence-electron chi connectivity index (χ0n) is 19.2. The van der Waals surface area contributed by atoms with Gasteiger partial charge in [-0.2, -0.15) is 18.2 Å². The molecule has 3 aromatic rings. The molecule has 0 bridgehead atoms. The van der Waals surface area contributed by atoms with Gasteiger partial charge in [0, 0.05) is 38.3 Å². The largest absolute Gasteiger partial charge is 0.497 e. The van der Waals surface area contributed by atoms with E-state index in [1.165, 1.54) is 12.1 Å². The Morgan fingerprint density at radius 2 is 1.71 bits per heavy atom. The predicted molar refractivity (Wildman–Crippen MR) is 121 cm³/mol. The number of piperazine rings is 1. The summed E-state index contributed by atoms with van der Waals surface area (Å²) in [6, 6.07) is 12.0. The summed E-state index contributed by atoms with van der Waals surface area (Å²) in [5.41, 5.74) is -0.531. The summed E-state index contributed by atoms with van der Waals surface area (Å²) in [4.78, 5) is 8.56. The molecule has 0 radical (unpaired) electrons. The number of rotatable bonds is 9. The molecule has 188 valence electrons. The maximum absolute atomic E-state index is 13.0. The Hall–Kier alpha value is -3.15. The van der Waals surface area contributed by atoms with Gasteiger partial charge >= 0.3 is 6.18 Å². The minimum absolute atomic E-state index is 0.0599. The molecule has 8 nitrogen and oxygen atoms in total. The van der Waals surface area contributed by atoms with Crippen LogP contribution in [0.4, 0.5) is 13.2 Å². The first-order chi connectivity index (χ1) is 16.8. The van der Waals surface area contributed by atoms with E-state index in [0.29, 0.717) is 24.7 Å². The van der Waals surface area contributed by atoms with E-state index in [-0.39, 0.29) is 18.1 Å². The normalized spacial score (nSPS) is 16.3. The smallest absolute Gasteiger partial charge is 0.416 e. The van der Waals surface area contributed by atoms with Crippen LogP contribution in [0.5, 0.6) is 11.5 Å². The van der Waals surface area contributed by atoms with Gasteiger partial charge in [-0.3, -0.25) is 9.80 Å². The summed E-state index contributed by atoms with van der Waals surface area (Å²) < 4.78 is 54.8. The van der Waals surface area contributed by atoms with Crippen LogP contribution in [0.15, 0.2) is 53.1 Å². The number of methoxy groups -OCH3 is 1. The molecule has 0 spiro atoms. The average molecular weight is 492 g/mol. The van der Waals surface area contributed by atoms with Crippen LogP contribution >= 0.6 is 0 Å². The van der Waals surface area contributed by atoms with E-state index < -0.39 is 17.8 Å². The number of alkyl halides is 3. The predicted octanol–water partition coefficient (Wildman–Crippen LogP) is 3.32. The number of hydrogen-bond acceptors (Lipinski definition) is 8. The van der Waals surface area contributed by atoms with Gasteiger partial charge in [-0.15, -0.1) is 0 Å². The molecule has 1 aliphatic heterocycles. The number of halogens is 3. The summed E-state index contributed by atoms with van der Waals surface area (Å²) >= 11 is 0. The van der Waals surface area contributed by atoms with E-state index in [2.05, 4.69) is 19.9 Å². The first kappa shape index (κ1) is 25.0. The minimum Gasteiger partial charge on any atom is -0.497 e. The summed E-state index contributed by atoms with van der Waals surface area (Å²) in [6.07, 6.45) is -5.07. The van der Waals surface area contributed by atoms with Crippen molar-refractivity contribution in [1.29, 1.82) is 0 Å². The molecule has 0 unspecified atom stereocenters. The number of hydrogen-bond donors (Lipinski definition) is 1. The van der Waals surface area contributed by atoms with Crippen molar-refractivity contribution in [1.82, 2.24) is 19.9 Å². The Morgan fingerprint density at radius 1 is 1.03 bits per heavy atom. The second-order valence-electron chi connectivity index (χ2n) is 8.31. The average Bonchev–Trinajstić information content (AvgIpc) is 3.32. The van der Waals surface area contributed by atoms with E-state index in [4.69, 9.17) is 14.0 Å². The molecule has 4 rings (SSSR count). The van der Waals surface area contributed by atoms with Gasteiger partial charge in [-0.1, -0.05) is 11.2 Å². The highest BCUT2D eigenvalue weighted by Crippen LogP contribution is 2.31. The number of benzene rings is 2. The maximum atomic E-state index is 13.0. The number of β-amino-alcohol motifs (C(OH)–C–C–N with tert-alkyl or cyclic N) is 1. The van der Waals surface area contributed by atoms with Gasteiger partial charge in [0.05, 0.1) is 19.2 Å². The van der Waals surface area contributed by atoms with Crippen molar-refractivity contribution in [2.45, 2.75) is 18.8 Å². The van der Waals surface area contributed by atoms with Gasteiger partial charge in [-0.25, -0.2) is 0 Å². The van der Waals surface area contributed by atoms with Crippen molar-refractivity contribution in [3.63, 3.8) is 0 Å². The number of aromatic nitrogens is 2. The molecule has 1 atom stereocenters. The van der Waals surface area contributed by atoms with Gasteiger partial charge in [-0.05, 0) is 42.5 Å². The molecule has 1 saturated heterocycles. The Bertz CT molecular complexity index is 1080. The molecule has 0 amide bonds. The topological polar surface area (TPSA) is 84.1 Å². The van der Waals surface area contributed by atoms with Crippen LogP contribution in [0.3, 0.4) is 0 Å². The number of nitrogens with zero attached hydrogens (tertiary/aromatic N) is 4. The fourth-order valence-electron chi connectivity index (χ4n) is 3.81. The number of ether oxygens (including phenoxy) is 2. The summed E-state index contributed by atoms with van der Waals surface area (Å²) in [7, 11) is 1.60. The molecule has 0 aliphatic carbocycles. The van der Waals surface area contributed by atoms with E-state index >= 15 is 0 Å². The molecule has 1 N–H and O–H groups in total. The van der Waals surface area contributed by atoms with Gasteiger partial charge in [0.15, 0.2) is 5.82 Å². The summed E-state index contributed by atoms with van der Waals surface area (Å²) in [6.45, 7) is 4.08. The summed E-state index contributed by atoms with van der Waals surface area (Å²) in [5, 5.41) is 14.3. The van der Waals surface area contributed by atoms with E-state index in [1.807, 2.05) is 0 Å². The van der Waals surface area contributed by atoms with Crippen molar-refractivity contribution in [3.8, 4) is 23.0 Å². The van der Waals surface area contributed by atoms with Crippen LogP contribution in [0.1, 0.15) is 11.4 Å². The van der Waals surface area contributed by atoms with Crippen LogP contribution in [0, 0.1) is 0 Å². The van der Waals surface area contributed by atoms with Gasteiger partial charge in [0.25, 0.3) is 5.89 Å². The third-order valence-corrected chi connectivity index (χ3v) is 5.71. The molecule has 2 aromatic carbocycles. The lowest BCUT2D eigenvalue weighted by molar-refractivity contribution is -0.137. The third kappa shape index (κ3) is 6.93. The molecular weight excluding hydrogens is 465 g/mol. The zero-order valence-corrected chi connectivity index (χ0v) is 19.2. The molecule has 1 aromatic heterocycles. The fraction of sp³-hybridized carbons (Fsp3) is 0.417. The van der Waals surface area contributed by atoms with Crippen LogP contribution in [0.25, 0.3) is 11.5 Å². The van der Waals surface area contributed by atoms with Crippen LogP contribution in [-0.2, 0) is 12.7 Å². The maximum Gasteiger partial charge on any atom is 0.416 e. The first-order valence-electron chi connectivity index (χ1n) is 11.2. The van der Waals surface area contributed by atoms with Crippen molar-refractivity contribution in [2.24, 2.45) is 0 Å². The highest BCUT2D eigenvalue weighted by atomic mass is 19.4. The zero-order chi connectivity index (χ0) is 24.8. The van der Waals surface area contributed by atoms with Crippen LogP contribution in [0.2, 0.25) is 0 Å². The Balaban J connectivity index is 1.21. The molecule has 11 heteroatoms. The van der Waals surface area contributed by atoms with Gasteiger partial charge in [0.2, 0.25) is 0 Å². The lowest BCUT2D eigenvalue weighted by atomic mass is 10.1. The Morgan fingerprint density at radius 3 is 2.40 bits per heavy atom. The Kier molecular flexibility index (Phi) is 7.89. The molecule has 1 aliphatic rings. The standard InChI is InChI=1S/C24H27F3N4O4/c1-33-20-5-7-21(8-6-20)34-16-19(32)14-30-9-11-31(12-10-30)15-22-28-23(35-29-22)17-3-2-4-18(13-17)24(25,26)27/h2-8,13,19,32H,9-12,14-16H2,1H3/t19-/m0/s1. The highest BCUT2D eigenvalue weighted by molar-refractivity contribution is 5.54. The molecule has 1 fully saturated rings. The monoisotopic (exact) mass is 492 g/mol. The second-order valence-corrected chi connectivity index (χ2v) is 8.31. The van der Waals surface area contributed by atoms with Crippen LogP contribution in [-0.4, -0.2) is 77.6 Å². The van der Waals surface area contributed by atoms with Crippen molar-refractivity contribution >= 4 is 0 Å². The SMILES string of the molecule is COc1ccc(OC[C@@H](O)CN2CCN(Cc3noc(-c4cccc(C(F)(F)F)c4)n3)CC2)cc1. The lowest BCUT2D eigenvalue weighted by Crippen LogP contribution is -2.48. The van der Waals surface area contributed by atoms with Crippen LogP contribution < -0.4 is 9.47 Å². The van der Waals surface area contributed by atoms with E-state index in [1.54, 1.807) is 31.4 Å². The van der Waals surface area contributed by atoms with E-state index in [9.17, 15) is 18.3 Å². The first-order valence-corrected chi connectivity index (χ1v) is 11.2. The fourth-order valence-corrected chi connectivity index (χ4v) is 3.81. The van der Waals surface area contributed by atoms with Gasteiger partial charge in [0.1, 0.15) is 24.2 Å². The lowest BCUT2D eigenvalue weighted by Gasteiger charge is -2.34. The highest BCUT2D eigenvalue weighted by Gasteiger charge is 2.31. The van der Waals surface area contributed by atoms with Crippen molar-refractivity contribution in [2.75, 3.05) is 46.4 Å².